The molecule has 34 heavy (non-hydrogen) atoms. The van der Waals surface area contributed by atoms with Gasteiger partial charge in [0.2, 0.25) is 0 Å². The molecule has 0 spiro atoms. The molecule has 176 valence electrons. The Morgan fingerprint density at radius 3 is 2.65 bits per heavy atom. The van der Waals surface area contributed by atoms with Crippen LogP contribution in [0.4, 0.5) is 11.5 Å². The third-order valence-electron chi connectivity index (χ3n) is 5.01. The van der Waals surface area contributed by atoms with Crippen LogP contribution in [-0.4, -0.2) is 40.9 Å². The third-order valence-corrected chi connectivity index (χ3v) is 5.01. The summed E-state index contributed by atoms with van der Waals surface area (Å²) >= 11 is 0. The van der Waals surface area contributed by atoms with Gasteiger partial charge in [0, 0.05) is 12.6 Å². The predicted octanol–water partition coefficient (Wildman–Crippen LogP) is 3.00. The lowest BCUT2D eigenvalue weighted by atomic mass is 10.1. The number of nitrogen functional groups attached to an aromatic ring is 1. The molecular weight excluding hydrogens is 440 g/mol. The Bertz CT molecular complexity index is 1230. The first-order valence-electron chi connectivity index (χ1n) is 10.5. The van der Waals surface area contributed by atoms with Gasteiger partial charge < -0.3 is 20.5 Å². The molecule has 3 aromatic rings. The number of nitro groups is 1. The topological polar surface area (TPSA) is 158 Å². The molecule has 3 N–H and O–H groups in total. The second-order valence-corrected chi connectivity index (χ2v) is 7.14. The SMILES string of the molecule is CCOc1cc([N+](=O)[O-])c(C(=O)NCCCc2nn(-c3ccccc3)c(N)c2C#N)cc1OC. The fraction of sp³-hybridized carbons (Fsp3) is 0.261. The summed E-state index contributed by atoms with van der Waals surface area (Å²) in [4.78, 5) is 23.5. The number of nitrogens with one attached hydrogen (secondary N) is 1. The Kier molecular flexibility index (Phi) is 7.66. The van der Waals surface area contributed by atoms with Crippen LogP contribution >= 0.6 is 0 Å². The van der Waals surface area contributed by atoms with E-state index in [2.05, 4.69) is 16.5 Å². The lowest BCUT2D eigenvalue weighted by Crippen LogP contribution is -2.25. The van der Waals surface area contributed by atoms with Gasteiger partial charge in [-0.25, -0.2) is 4.68 Å². The zero-order chi connectivity index (χ0) is 24.7. The highest BCUT2D eigenvalue weighted by Gasteiger charge is 2.24. The van der Waals surface area contributed by atoms with Gasteiger partial charge in [-0.05, 0) is 31.9 Å². The summed E-state index contributed by atoms with van der Waals surface area (Å²) in [6, 6.07) is 13.7. The van der Waals surface area contributed by atoms with Crippen molar-refractivity contribution in [2.45, 2.75) is 19.8 Å². The third kappa shape index (κ3) is 5.07. The van der Waals surface area contributed by atoms with Crippen molar-refractivity contribution in [1.82, 2.24) is 15.1 Å². The summed E-state index contributed by atoms with van der Waals surface area (Å²) in [5.41, 5.74) is 7.09. The van der Waals surface area contributed by atoms with Gasteiger partial charge in [-0.1, -0.05) is 18.2 Å². The number of carbonyl (C=O) groups is 1. The summed E-state index contributed by atoms with van der Waals surface area (Å²) in [7, 11) is 1.39. The number of hydrogen-bond donors (Lipinski definition) is 2. The first-order chi connectivity index (χ1) is 16.4. The molecule has 0 unspecified atom stereocenters. The molecule has 3 rings (SSSR count). The van der Waals surface area contributed by atoms with Gasteiger partial charge >= 0.3 is 0 Å². The first kappa shape index (κ1) is 24.1. The van der Waals surface area contributed by atoms with E-state index in [1.165, 1.54) is 23.9 Å². The van der Waals surface area contributed by atoms with Gasteiger partial charge in [-0.15, -0.1) is 0 Å². The number of nitro benzene ring substituents is 1. The molecule has 11 heteroatoms. The Morgan fingerprint density at radius 1 is 1.29 bits per heavy atom. The molecule has 2 aromatic carbocycles. The smallest absolute Gasteiger partial charge is 0.286 e. The number of nitrogens with two attached hydrogens (primary N) is 1. The zero-order valence-corrected chi connectivity index (χ0v) is 18.8. The van der Waals surface area contributed by atoms with Crippen LogP contribution in [0.3, 0.4) is 0 Å². The average molecular weight is 464 g/mol. The maximum absolute atomic E-state index is 12.7. The van der Waals surface area contributed by atoms with E-state index in [1.807, 2.05) is 30.3 Å². The number of anilines is 1. The Hall–Kier alpha value is -4.59. The molecule has 1 heterocycles. The van der Waals surface area contributed by atoms with E-state index in [4.69, 9.17) is 15.2 Å². The number of carbonyl (C=O) groups excluding carboxylic acids is 1. The number of nitrogens with zero attached hydrogens (tertiary/aromatic N) is 4. The van der Waals surface area contributed by atoms with Gasteiger partial charge in [0.05, 0.1) is 36.1 Å². The van der Waals surface area contributed by atoms with E-state index in [0.717, 1.165) is 5.69 Å². The highest BCUT2D eigenvalue weighted by atomic mass is 16.6. The van der Waals surface area contributed by atoms with Crippen molar-refractivity contribution in [3.63, 3.8) is 0 Å². The number of aryl methyl sites for hydroxylation is 1. The maximum atomic E-state index is 12.7. The second kappa shape index (κ2) is 10.8. The van der Waals surface area contributed by atoms with Gasteiger partial charge in [-0.3, -0.25) is 14.9 Å². The van der Waals surface area contributed by atoms with Crippen molar-refractivity contribution in [3.05, 3.63) is 69.4 Å². The predicted molar refractivity (Wildman–Crippen MR) is 124 cm³/mol. The highest BCUT2D eigenvalue weighted by Crippen LogP contribution is 2.34. The summed E-state index contributed by atoms with van der Waals surface area (Å²) in [6.45, 7) is 2.23. The van der Waals surface area contributed by atoms with Crippen LogP contribution < -0.4 is 20.5 Å². The first-order valence-corrected chi connectivity index (χ1v) is 10.5. The summed E-state index contributed by atoms with van der Waals surface area (Å²) in [5, 5.41) is 28.1. The van der Waals surface area contributed by atoms with Crippen LogP contribution in [-0.2, 0) is 6.42 Å². The summed E-state index contributed by atoms with van der Waals surface area (Å²) < 4.78 is 12.1. The maximum Gasteiger partial charge on any atom is 0.286 e. The lowest BCUT2D eigenvalue weighted by molar-refractivity contribution is -0.385. The van der Waals surface area contributed by atoms with Gasteiger partial charge in [0.25, 0.3) is 11.6 Å². The van der Waals surface area contributed by atoms with E-state index in [0.29, 0.717) is 18.5 Å². The van der Waals surface area contributed by atoms with Crippen molar-refractivity contribution < 1.29 is 19.2 Å². The van der Waals surface area contributed by atoms with Crippen LogP contribution in [0, 0.1) is 21.4 Å². The van der Waals surface area contributed by atoms with Crippen LogP contribution in [0.15, 0.2) is 42.5 Å². The van der Waals surface area contributed by atoms with Crippen LogP contribution in [0.1, 0.15) is 35.0 Å². The van der Waals surface area contributed by atoms with Crippen molar-refractivity contribution in [1.29, 1.82) is 5.26 Å². The van der Waals surface area contributed by atoms with Crippen molar-refractivity contribution in [2.75, 3.05) is 26.0 Å². The Morgan fingerprint density at radius 2 is 2.03 bits per heavy atom. The minimum absolute atomic E-state index is 0.138. The van der Waals surface area contributed by atoms with Crippen molar-refractivity contribution >= 4 is 17.4 Å². The van der Waals surface area contributed by atoms with E-state index in [9.17, 15) is 20.2 Å². The quantitative estimate of drug-likeness (QED) is 0.263. The molecular formula is C23H24N6O5. The van der Waals surface area contributed by atoms with Crippen molar-refractivity contribution in [2.24, 2.45) is 0 Å². The van der Waals surface area contributed by atoms with E-state index < -0.39 is 10.8 Å². The average Bonchev–Trinajstić information content (AvgIpc) is 3.17. The normalized spacial score (nSPS) is 10.4. The van der Waals surface area contributed by atoms with Crippen LogP contribution in [0.5, 0.6) is 11.5 Å². The molecule has 1 aromatic heterocycles. The minimum atomic E-state index is -0.644. The number of methoxy groups -OCH3 is 1. The summed E-state index contributed by atoms with van der Waals surface area (Å²) in [5.74, 6) is 0.0230. The Labute approximate surface area is 195 Å². The largest absolute Gasteiger partial charge is 0.493 e. The molecule has 0 bridgehead atoms. The van der Waals surface area contributed by atoms with Crippen molar-refractivity contribution in [3.8, 4) is 23.3 Å². The van der Waals surface area contributed by atoms with E-state index in [-0.39, 0.29) is 47.3 Å². The molecule has 0 aliphatic carbocycles. The molecule has 0 saturated heterocycles. The van der Waals surface area contributed by atoms with Crippen LogP contribution in [0.25, 0.3) is 5.69 Å². The molecule has 0 atom stereocenters. The Balaban J connectivity index is 1.71. The summed E-state index contributed by atoms with van der Waals surface area (Å²) in [6.07, 6.45) is 0.815. The van der Waals surface area contributed by atoms with E-state index in [1.54, 1.807) is 6.92 Å². The fourth-order valence-corrected chi connectivity index (χ4v) is 3.40. The molecule has 0 saturated carbocycles. The van der Waals surface area contributed by atoms with Gasteiger partial charge in [-0.2, -0.15) is 10.4 Å². The molecule has 0 aliphatic rings. The molecule has 0 fully saturated rings. The lowest BCUT2D eigenvalue weighted by Gasteiger charge is -2.12. The number of hydrogen-bond acceptors (Lipinski definition) is 8. The number of nitriles is 1. The van der Waals surface area contributed by atoms with E-state index >= 15 is 0 Å². The molecule has 0 aliphatic heterocycles. The number of benzene rings is 2. The molecule has 11 nitrogen and oxygen atoms in total. The number of aromatic nitrogens is 2. The molecule has 1 amide bonds. The fourth-order valence-electron chi connectivity index (χ4n) is 3.40. The zero-order valence-electron chi connectivity index (χ0n) is 18.8. The van der Waals surface area contributed by atoms with Gasteiger partial charge in [0.1, 0.15) is 23.0 Å². The number of ether oxygens (including phenoxy) is 2. The highest BCUT2D eigenvalue weighted by molar-refractivity contribution is 5.99. The second-order valence-electron chi connectivity index (χ2n) is 7.14. The van der Waals surface area contributed by atoms with Gasteiger partial charge in [0.15, 0.2) is 11.5 Å². The van der Waals surface area contributed by atoms with Crippen LogP contribution in [0.2, 0.25) is 0 Å². The monoisotopic (exact) mass is 464 g/mol. The number of rotatable bonds is 10. The molecule has 0 radical (unpaired) electrons. The number of para-hydroxylation sites is 1. The minimum Gasteiger partial charge on any atom is -0.493 e. The standard InChI is InChI=1S/C23H24N6O5/c1-3-34-21-13-19(29(31)32)16(12-20(21)33-2)23(30)26-11-7-10-18-17(14-24)22(25)28(27-18)15-8-5-4-6-9-15/h4-6,8-9,12-13H,3,7,10-11,25H2,1-2H3,(H,26,30). The number of amides is 1.